The molecule has 3 aromatic heterocycles. The van der Waals surface area contributed by atoms with Crippen LogP contribution in [-0.2, 0) is 12.7 Å². The van der Waals surface area contributed by atoms with Gasteiger partial charge in [0.25, 0.3) is 0 Å². The first-order chi connectivity index (χ1) is 11.7. The Kier molecular flexibility index (Phi) is 4.42. The molecule has 6 nitrogen and oxygen atoms in total. The lowest BCUT2D eigenvalue weighted by Gasteiger charge is -2.15. The van der Waals surface area contributed by atoms with E-state index >= 15 is 0 Å². The molecule has 1 N–H and O–H groups in total. The monoisotopic (exact) mass is 370 g/mol. The number of rotatable bonds is 4. The van der Waals surface area contributed by atoms with Gasteiger partial charge in [0.2, 0.25) is 5.95 Å². The van der Waals surface area contributed by atoms with Gasteiger partial charge in [0, 0.05) is 32.6 Å². The first-order valence-electron chi connectivity index (χ1n) is 7.23. The number of nitrogens with one attached hydrogen (secondary N) is 1. The van der Waals surface area contributed by atoms with Gasteiger partial charge in [0.1, 0.15) is 11.5 Å². The highest BCUT2D eigenvalue weighted by molar-refractivity contribution is 6.30. The maximum atomic E-state index is 13.0. The van der Waals surface area contributed by atoms with E-state index in [9.17, 15) is 13.2 Å². The largest absolute Gasteiger partial charge is 0.433 e. The van der Waals surface area contributed by atoms with Crippen LogP contribution in [0, 0.1) is 0 Å². The molecule has 0 aliphatic rings. The molecule has 3 aromatic rings. The molecule has 0 aliphatic carbocycles. The number of aromatic nitrogens is 4. The van der Waals surface area contributed by atoms with Crippen molar-refractivity contribution >= 4 is 29.0 Å². The van der Waals surface area contributed by atoms with Gasteiger partial charge in [0.05, 0.1) is 17.3 Å². The summed E-state index contributed by atoms with van der Waals surface area (Å²) in [6, 6.07) is 4.36. The number of nitrogens with zero attached hydrogens (tertiary/aromatic N) is 5. The van der Waals surface area contributed by atoms with Gasteiger partial charge in [-0.3, -0.25) is 0 Å². The van der Waals surface area contributed by atoms with Crippen molar-refractivity contribution in [1.82, 2.24) is 19.4 Å². The van der Waals surface area contributed by atoms with Crippen molar-refractivity contribution in [2.45, 2.75) is 12.7 Å². The van der Waals surface area contributed by atoms with E-state index in [0.29, 0.717) is 16.4 Å². The summed E-state index contributed by atoms with van der Waals surface area (Å²) in [6.45, 7) is 0.174. The molecule has 132 valence electrons. The van der Waals surface area contributed by atoms with Gasteiger partial charge in [-0.25, -0.2) is 9.97 Å². The normalized spacial score (nSPS) is 11.8. The van der Waals surface area contributed by atoms with Crippen LogP contribution >= 0.6 is 11.6 Å². The van der Waals surface area contributed by atoms with Crippen LogP contribution in [0.4, 0.5) is 24.9 Å². The van der Waals surface area contributed by atoms with E-state index in [-0.39, 0.29) is 18.3 Å². The molecular weight excluding hydrogens is 357 g/mol. The SMILES string of the molecule is CN(C)c1cc(C(F)(F)F)nc(NCc2cn3cc(Cl)ccc3n2)n1. The van der Waals surface area contributed by atoms with Crippen LogP contribution in [0.2, 0.25) is 5.02 Å². The molecule has 0 unspecified atom stereocenters. The van der Waals surface area contributed by atoms with Gasteiger partial charge in [-0.05, 0) is 12.1 Å². The van der Waals surface area contributed by atoms with E-state index in [0.717, 1.165) is 6.07 Å². The van der Waals surface area contributed by atoms with E-state index in [1.165, 1.54) is 4.90 Å². The molecule has 0 spiro atoms. The van der Waals surface area contributed by atoms with E-state index in [1.54, 1.807) is 43.0 Å². The zero-order valence-electron chi connectivity index (χ0n) is 13.3. The molecule has 0 saturated carbocycles. The van der Waals surface area contributed by atoms with Crippen LogP contribution in [0.25, 0.3) is 5.65 Å². The Morgan fingerprint density at radius 1 is 1.16 bits per heavy atom. The fraction of sp³-hybridized carbons (Fsp3) is 0.267. The second kappa shape index (κ2) is 6.40. The van der Waals surface area contributed by atoms with E-state index in [2.05, 4.69) is 20.3 Å². The molecule has 0 radical (unpaired) electrons. The van der Waals surface area contributed by atoms with Gasteiger partial charge in [-0.2, -0.15) is 18.2 Å². The standard InChI is InChI=1S/C15H14ClF3N6/c1-24(2)13-5-11(15(17,18)19)22-14(23-13)20-6-10-8-25-7-9(16)3-4-12(25)21-10/h3-5,7-8H,6H2,1-2H3,(H,20,22,23). The lowest BCUT2D eigenvalue weighted by atomic mass is 10.3. The highest BCUT2D eigenvalue weighted by atomic mass is 35.5. The molecule has 3 rings (SSSR count). The Hall–Kier alpha value is -2.55. The lowest BCUT2D eigenvalue weighted by molar-refractivity contribution is -0.141. The van der Waals surface area contributed by atoms with Crippen molar-refractivity contribution in [3.8, 4) is 0 Å². The molecule has 3 heterocycles. The average Bonchev–Trinajstić information content (AvgIpc) is 2.93. The third-order valence-corrected chi connectivity index (χ3v) is 3.58. The van der Waals surface area contributed by atoms with Gasteiger partial charge < -0.3 is 14.6 Å². The van der Waals surface area contributed by atoms with Crippen LogP contribution < -0.4 is 10.2 Å². The molecular formula is C15H14ClF3N6. The van der Waals surface area contributed by atoms with Crippen molar-refractivity contribution in [3.05, 3.63) is 47.0 Å². The van der Waals surface area contributed by atoms with Crippen LogP contribution in [-0.4, -0.2) is 33.4 Å². The number of pyridine rings is 1. The molecule has 25 heavy (non-hydrogen) atoms. The second-order valence-electron chi connectivity index (χ2n) is 5.53. The quantitative estimate of drug-likeness (QED) is 0.762. The fourth-order valence-corrected chi connectivity index (χ4v) is 2.33. The van der Waals surface area contributed by atoms with Crippen LogP contribution in [0.15, 0.2) is 30.6 Å². The Bertz CT molecular complexity index is 906. The molecule has 0 fully saturated rings. The van der Waals surface area contributed by atoms with Gasteiger partial charge in [-0.1, -0.05) is 11.6 Å². The number of hydrogen-bond acceptors (Lipinski definition) is 5. The van der Waals surface area contributed by atoms with Gasteiger partial charge in [-0.15, -0.1) is 0 Å². The van der Waals surface area contributed by atoms with E-state index < -0.39 is 11.9 Å². The summed E-state index contributed by atoms with van der Waals surface area (Å²) in [6.07, 6.45) is -1.13. The van der Waals surface area contributed by atoms with Crippen LogP contribution in [0.3, 0.4) is 0 Å². The van der Waals surface area contributed by atoms with Crippen molar-refractivity contribution in [1.29, 1.82) is 0 Å². The first kappa shape index (κ1) is 17.3. The fourth-order valence-electron chi connectivity index (χ4n) is 2.16. The Morgan fingerprint density at radius 3 is 2.60 bits per heavy atom. The minimum atomic E-state index is -4.55. The summed E-state index contributed by atoms with van der Waals surface area (Å²) < 4.78 is 40.7. The highest BCUT2D eigenvalue weighted by Crippen LogP contribution is 2.30. The highest BCUT2D eigenvalue weighted by Gasteiger charge is 2.34. The molecule has 0 aromatic carbocycles. The summed E-state index contributed by atoms with van der Waals surface area (Å²) in [5, 5.41) is 3.34. The smallest absolute Gasteiger partial charge is 0.363 e. The Labute approximate surface area is 146 Å². The maximum absolute atomic E-state index is 13.0. The van der Waals surface area contributed by atoms with Crippen LogP contribution in [0.5, 0.6) is 0 Å². The molecule has 0 aliphatic heterocycles. The first-order valence-corrected chi connectivity index (χ1v) is 7.61. The Morgan fingerprint density at radius 2 is 1.92 bits per heavy atom. The van der Waals surface area contributed by atoms with Crippen molar-refractivity contribution < 1.29 is 13.2 Å². The van der Waals surface area contributed by atoms with Crippen molar-refractivity contribution in [3.63, 3.8) is 0 Å². The summed E-state index contributed by atoms with van der Waals surface area (Å²) in [4.78, 5) is 13.5. The summed E-state index contributed by atoms with van der Waals surface area (Å²) >= 11 is 5.91. The second-order valence-corrected chi connectivity index (χ2v) is 5.96. The zero-order valence-corrected chi connectivity index (χ0v) is 14.1. The molecule has 10 heteroatoms. The summed E-state index contributed by atoms with van der Waals surface area (Å²) in [7, 11) is 3.22. The topological polar surface area (TPSA) is 58.4 Å². The molecule has 0 amide bonds. The number of alkyl halides is 3. The summed E-state index contributed by atoms with van der Waals surface area (Å²) in [5.41, 5.74) is 0.297. The van der Waals surface area contributed by atoms with Gasteiger partial charge >= 0.3 is 6.18 Å². The lowest BCUT2D eigenvalue weighted by Crippen LogP contribution is -2.17. The zero-order chi connectivity index (χ0) is 18.2. The number of halogens is 4. The van der Waals surface area contributed by atoms with E-state index in [1.807, 2.05) is 0 Å². The predicted molar refractivity (Wildman–Crippen MR) is 88.9 cm³/mol. The third kappa shape index (κ3) is 3.93. The third-order valence-electron chi connectivity index (χ3n) is 3.35. The predicted octanol–water partition coefficient (Wildman–Crippen LogP) is 3.47. The minimum Gasteiger partial charge on any atom is -0.363 e. The minimum absolute atomic E-state index is 0.117. The number of anilines is 2. The van der Waals surface area contributed by atoms with E-state index in [4.69, 9.17) is 11.6 Å². The number of imidazole rings is 1. The molecule has 0 bridgehead atoms. The summed E-state index contributed by atoms with van der Waals surface area (Å²) in [5.74, 6) is 0.0419. The number of fused-ring (bicyclic) bond motifs is 1. The number of hydrogen-bond donors (Lipinski definition) is 1. The van der Waals surface area contributed by atoms with Crippen LogP contribution in [0.1, 0.15) is 11.4 Å². The molecule has 0 saturated heterocycles. The maximum Gasteiger partial charge on any atom is 0.433 e. The average molecular weight is 371 g/mol. The van der Waals surface area contributed by atoms with Crippen molar-refractivity contribution in [2.24, 2.45) is 0 Å². The van der Waals surface area contributed by atoms with Gasteiger partial charge in [0.15, 0.2) is 5.69 Å². The Balaban J connectivity index is 1.84. The molecule has 0 atom stereocenters. The van der Waals surface area contributed by atoms with Crippen molar-refractivity contribution in [2.75, 3.05) is 24.3 Å².